The van der Waals surface area contributed by atoms with Crippen LogP contribution in [-0.2, 0) is 0 Å². The lowest BCUT2D eigenvalue weighted by atomic mass is 10.0. The van der Waals surface area contributed by atoms with Crippen molar-refractivity contribution in [1.29, 1.82) is 0 Å². The number of fused-ring (bicyclic) bond motifs is 1. The molecule has 0 radical (unpaired) electrons. The SMILES string of the molecule is COc1cc(C(=O)NC2CN(C)C2)ccc1Nc1nc(OC2CCCC2)c2c(-c3ccc(-c4ccc[nH]4)cc3)c[nH]c2n1. The minimum atomic E-state index is -0.118. The Kier molecular flexibility index (Phi) is 7.20. The molecule has 4 N–H and O–H groups in total. The first kappa shape index (κ1) is 27.0. The molecule has 5 aromatic rings. The fraction of sp³-hybridized carbons (Fsp3) is 0.303. The number of benzene rings is 2. The maximum atomic E-state index is 12.8. The third kappa shape index (κ3) is 5.53. The van der Waals surface area contributed by atoms with Crippen molar-refractivity contribution in [3.8, 4) is 34.0 Å². The van der Waals surface area contributed by atoms with Gasteiger partial charge in [0, 0.05) is 42.3 Å². The van der Waals surface area contributed by atoms with Crippen molar-refractivity contribution < 1.29 is 14.3 Å². The minimum Gasteiger partial charge on any atom is -0.495 e. The molecule has 10 heteroatoms. The average Bonchev–Trinajstić information content (AvgIpc) is 3.79. The predicted molar refractivity (Wildman–Crippen MR) is 167 cm³/mol. The van der Waals surface area contributed by atoms with Crippen molar-refractivity contribution in [3.63, 3.8) is 0 Å². The van der Waals surface area contributed by atoms with Gasteiger partial charge in [-0.25, -0.2) is 0 Å². The van der Waals surface area contributed by atoms with Gasteiger partial charge >= 0.3 is 0 Å². The molecule has 0 unspecified atom stereocenters. The van der Waals surface area contributed by atoms with E-state index in [1.807, 2.05) is 31.6 Å². The first-order valence-corrected chi connectivity index (χ1v) is 14.8. The molecule has 1 amide bonds. The standard InChI is InChI=1S/C33H35N7O3/c1-40-18-23(19-40)36-31(41)22-13-14-27(28(16-22)42-2)37-33-38-30-29(32(39-33)43-24-6-3-4-7-24)25(17-35-30)20-9-11-21(12-10-20)26-8-5-15-34-26/h5,8-17,23-24,34H,3-4,6-7,18-19H2,1-2H3,(H,36,41)(H2,35,37,38,39). The summed E-state index contributed by atoms with van der Waals surface area (Å²) in [6, 6.07) is 18.0. The van der Waals surface area contributed by atoms with Crippen molar-refractivity contribution >= 4 is 28.6 Å². The highest BCUT2D eigenvalue weighted by Gasteiger charge is 2.26. The number of likely N-dealkylation sites (N-methyl/N-ethyl adjacent to an activating group) is 1. The Balaban J connectivity index is 1.19. The van der Waals surface area contributed by atoms with E-state index in [9.17, 15) is 4.79 Å². The Morgan fingerprint density at radius 3 is 2.51 bits per heavy atom. The van der Waals surface area contributed by atoms with E-state index in [2.05, 4.69) is 55.8 Å². The number of rotatable bonds is 9. The Morgan fingerprint density at radius 2 is 1.79 bits per heavy atom. The van der Waals surface area contributed by atoms with Crippen LogP contribution in [0.25, 0.3) is 33.4 Å². The summed E-state index contributed by atoms with van der Waals surface area (Å²) in [5, 5.41) is 7.22. The largest absolute Gasteiger partial charge is 0.495 e. The quantitative estimate of drug-likeness (QED) is 0.176. The molecular weight excluding hydrogens is 542 g/mol. The van der Waals surface area contributed by atoms with Gasteiger partial charge in [-0.3, -0.25) is 4.79 Å². The molecule has 1 aliphatic carbocycles. The highest BCUT2D eigenvalue weighted by Crippen LogP contribution is 2.38. The molecule has 4 heterocycles. The first-order chi connectivity index (χ1) is 21.0. The van der Waals surface area contributed by atoms with Crippen molar-refractivity contribution in [2.45, 2.75) is 37.8 Å². The summed E-state index contributed by atoms with van der Waals surface area (Å²) in [5.74, 6) is 1.33. The van der Waals surface area contributed by atoms with Crippen LogP contribution in [0.15, 0.2) is 67.0 Å². The lowest BCUT2D eigenvalue weighted by Crippen LogP contribution is -2.57. The topological polar surface area (TPSA) is 120 Å². The summed E-state index contributed by atoms with van der Waals surface area (Å²) in [4.78, 5) is 31.2. The van der Waals surface area contributed by atoms with E-state index in [1.54, 1.807) is 19.2 Å². The lowest BCUT2D eigenvalue weighted by Gasteiger charge is -2.36. The second kappa shape index (κ2) is 11.4. The molecule has 220 valence electrons. The van der Waals surface area contributed by atoms with Crippen LogP contribution >= 0.6 is 0 Å². The van der Waals surface area contributed by atoms with Gasteiger partial charge in [0.1, 0.15) is 17.5 Å². The molecule has 0 bridgehead atoms. The average molecular weight is 578 g/mol. The minimum absolute atomic E-state index is 0.117. The van der Waals surface area contributed by atoms with Gasteiger partial charge in [0.25, 0.3) is 5.91 Å². The van der Waals surface area contributed by atoms with Crippen molar-refractivity contribution in [2.24, 2.45) is 0 Å². The molecule has 2 fully saturated rings. The zero-order valence-corrected chi connectivity index (χ0v) is 24.3. The molecular formula is C33H35N7O3. The van der Waals surface area contributed by atoms with Crippen LogP contribution in [0, 0.1) is 0 Å². The van der Waals surface area contributed by atoms with Gasteiger partial charge in [-0.2, -0.15) is 9.97 Å². The number of carbonyl (C=O) groups excluding carboxylic acids is 1. The molecule has 1 saturated heterocycles. The van der Waals surface area contributed by atoms with E-state index in [0.717, 1.165) is 66.5 Å². The second-order valence-electron chi connectivity index (χ2n) is 11.4. The summed E-state index contributed by atoms with van der Waals surface area (Å²) in [5.41, 5.74) is 6.09. The van der Waals surface area contributed by atoms with Crippen LogP contribution in [0.2, 0.25) is 0 Å². The highest BCUT2D eigenvalue weighted by molar-refractivity contribution is 5.98. The molecule has 0 spiro atoms. The van der Waals surface area contributed by atoms with Crippen LogP contribution in [-0.4, -0.2) is 70.1 Å². The number of aromatic nitrogens is 4. The fourth-order valence-corrected chi connectivity index (χ4v) is 5.99. The van der Waals surface area contributed by atoms with E-state index < -0.39 is 0 Å². The van der Waals surface area contributed by atoms with E-state index in [0.29, 0.717) is 34.5 Å². The summed E-state index contributed by atoms with van der Waals surface area (Å²) < 4.78 is 12.2. The van der Waals surface area contributed by atoms with Crippen LogP contribution in [0.4, 0.5) is 11.6 Å². The van der Waals surface area contributed by atoms with Gasteiger partial charge in [0.05, 0.1) is 24.2 Å². The third-order valence-electron chi connectivity index (χ3n) is 8.29. The second-order valence-corrected chi connectivity index (χ2v) is 11.4. The molecule has 2 aromatic carbocycles. The Morgan fingerprint density at radius 1 is 1.00 bits per heavy atom. The van der Waals surface area contributed by atoms with Crippen molar-refractivity contribution in [3.05, 3.63) is 72.6 Å². The normalized spacial score (nSPS) is 15.9. The number of likely N-dealkylation sites (tertiary alicyclic amines) is 1. The van der Waals surface area contributed by atoms with Crippen molar-refractivity contribution in [2.75, 3.05) is 32.6 Å². The van der Waals surface area contributed by atoms with Crippen LogP contribution in [0.1, 0.15) is 36.0 Å². The van der Waals surface area contributed by atoms with Crippen LogP contribution in [0.5, 0.6) is 11.6 Å². The summed E-state index contributed by atoms with van der Waals surface area (Å²) >= 11 is 0. The zero-order chi connectivity index (χ0) is 29.3. The summed E-state index contributed by atoms with van der Waals surface area (Å²) in [7, 11) is 3.62. The fourth-order valence-electron chi connectivity index (χ4n) is 5.99. The van der Waals surface area contributed by atoms with E-state index in [-0.39, 0.29) is 18.1 Å². The number of H-pyrrole nitrogens is 2. The number of ether oxygens (including phenoxy) is 2. The van der Waals surface area contributed by atoms with Gasteiger partial charge < -0.3 is 35.0 Å². The maximum Gasteiger partial charge on any atom is 0.251 e. The molecule has 1 aliphatic heterocycles. The number of hydrogen-bond donors (Lipinski definition) is 4. The zero-order valence-electron chi connectivity index (χ0n) is 24.3. The molecule has 1 saturated carbocycles. The molecule has 43 heavy (non-hydrogen) atoms. The highest BCUT2D eigenvalue weighted by atomic mass is 16.5. The number of hydrogen-bond acceptors (Lipinski definition) is 7. The van der Waals surface area contributed by atoms with Gasteiger partial charge in [-0.1, -0.05) is 24.3 Å². The molecule has 2 aliphatic rings. The Labute approximate surface area is 249 Å². The van der Waals surface area contributed by atoms with Gasteiger partial charge in [0.2, 0.25) is 11.8 Å². The van der Waals surface area contributed by atoms with Crippen molar-refractivity contribution in [1.82, 2.24) is 30.2 Å². The monoisotopic (exact) mass is 577 g/mol. The summed E-state index contributed by atoms with van der Waals surface area (Å²) in [6.45, 7) is 1.71. The number of nitrogens with one attached hydrogen (secondary N) is 4. The number of anilines is 2. The third-order valence-corrected chi connectivity index (χ3v) is 8.29. The van der Waals surface area contributed by atoms with Crippen LogP contribution < -0.4 is 20.1 Å². The van der Waals surface area contributed by atoms with E-state index in [4.69, 9.17) is 19.4 Å². The Bertz CT molecular complexity index is 1730. The number of carbonyl (C=O) groups is 1. The van der Waals surface area contributed by atoms with Gasteiger partial charge in [-0.15, -0.1) is 0 Å². The Hall–Kier alpha value is -4.83. The molecule has 7 rings (SSSR count). The van der Waals surface area contributed by atoms with Gasteiger partial charge in [-0.05, 0) is 74.2 Å². The molecule has 0 atom stereocenters. The van der Waals surface area contributed by atoms with E-state index >= 15 is 0 Å². The number of methoxy groups -OCH3 is 1. The van der Waals surface area contributed by atoms with Crippen LogP contribution in [0.3, 0.4) is 0 Å². The summed E-state index contributed by atoms with van der Waals surface area (Å²) in [6.07, 6.45) is 8.32. The number of nitrogens with zero attached hydrogens (tertiary/aromatic N) is 3. The molecule has 10 nitrogen and oxygen atoms in total. The first-order valence-electron chi connectivity index (χ1n) is 14.8. The number of aromatic amines is 2. The van der Waals surface area contributed by atoms with Gasteiger partial charge in [0.15, 0.2) is 0 Å². The number of amides is 1. The predicted octanol–water partition coefficient (Wildman–Crippen LogP) is 5.74. The maximum absolute atomic E-state index is 12.8. The smallest absolute Gasteiger partial charge is 0.251 e. The molecule has 3 aromatic heterocycles. The van der Waals surface area contributed by atoms with E-state index in [1.165, 1.54) is 0 Å². The lowest BCUT2D eigenvalue weighted by molar-refractivity contribution is 0.0857.